The molecule has 1 saturated heterocycles. The summed E-state index contributed by atoms with van der Waals surface area (Å²) < 4.78 is 0. The van der Waals surface area contributed by atoms with Crippen LogP contribution in [0.2, 0.25) is 0 Å². The largest absolute Gasteiger partial charge is 0.397 e. The van der Waals surface area contributed by atoms with E-state index in [-0.39, 0.29) is 5.91 Å². The van der Waals surface area contributed by atoms with E-state index in [1.165, 1.54) is 6.42 Å². The minimum Gasteiger partial charge on any atom is -0.397 e. The standard InChI is InChI=1S/C16H22N4O/c1-2-20-8-4-6-12(20)10-18-16(21)14-9-11-5-3-7-13(17)15(11)19-14/h3,5,7,9,12,19H,2,4,6,8,10,17H2,1H3,(H,18,21). The molecule has 0 spiro atoms. The van der Waals surface area contributed by atoms with Gasteiger partial charge in [-0.15, -0.1) is 0 Å². The summed E-state index contributed by atoms with van der Waals surface area (Å²) in [4.78, 5) is 17.8. The number of para-hydroxylation sites is 1. The van der Waals surface area contributed by atoms with Crippen molar-refractivity contribution in [3.8, 4) is 0 Å². The fraction of sp³-hybridized carbons (Fsp3) is 0.438. The van der Waals surface area contributed by atoms with E-state index < -0.39 is 0 Å². The number of benzene rings is 1. The second kappa shape index (κ2) is 5.77. The van der Waals surface area contributed by atoms with E-state index in [9.17, 15) is 4.79 Å². The molecule has 1 aliphatic heterocycles. The smallest absolute Gasteiger partial charge is 0.267 e. The van der Waals surface area contributed by atoms with Crippen LogP contribution in [0.3, 0.4) is 0 Å². The zero-order chi connectivity index (χ0) is 14.8. The first-order valence-corrected chi connectivity index (χ1v) is 7.58. The second-order valence-electron chi connectivity index (χ2n) is 5.63. The number of nitrogens with zero attached hydrogens (tertiary/aromatic N) is 1. The molecule has 1 aromatic heterocycles. The summed E-state index contributed by atoms with van der Waals surface area (Å²) in [6.45, 7) is 5.06. The van der Waals surface area contributed by atoms with Gasteiger partial charge in [0.15, 0.2) is 0 Å². The first kappa shape index (κ1) is 13.9. The normalized spacial score (nSPS) is 19.2. The van der Waals surface area contributed by atoms with Gasteiger partial charge in [0.25, 0.3) is 5.91 Å². The lowest BCUT2D eigenvalue weighted by molar-refractivity contribution is 0.0937. The number of amides is 1. The molecule has 1 atom stereocenters. The molecule has 0 bridgehead atoms. The number of likely N-dealkylation sites (N-methyl/N-ethyl adjacent to an activating group) is 1. The third-order valence-corrected chi connectivity index (χ3v) is 4.34. The van der Waals surface area contributed by atoms with Crippen molar-refractivity contribution < 1.29 is 4.79 Å². The number of likely N-dealkylation sites (tertiary alicyclic amines) is 1. The van der Waals surface area contributed by atoms with Crippen LogP contribution in [0.5, 0.6) is 0 Å². The lowest BCUT2D eigenvalue weighted by atomic mass is 10.2. The summed E-state index contributed by atoms with van der Waals surface area (Å²) in [6, 6.07) is 8.00. The Hall–Kier alpha value is -2.01. The molecule has 0 aliphatic carbocycles. The van der Waals surface area contributed by atoms with E-state index >= 15 is 0 Å². The quantitative estimate of drug-likeness (QED) is 0.752. The number of aromatic amines is 1. The topological polar surface area (TPSA) is 74.2 Å². The van der Waals surface area contributed by atoms with Gasteiger partial charge in [0, 0.05) is 18.0 Å². The van der Waals surface area contributed by atoms with E-state index in [1.54, 1.807) is 0 Å². The predicted octanol–water partition coefficient (Wildman–Crippen LogP) is 1.96. The highest BCUT2D eigenvalue weighted by Gasteiger charge is 2.23. The lowest BCUT2D eigenvalue weighted by Crippen LogP contribution is -2.40. The molecule has 2 heterocycles. The average Bonchev–Trinajstić information content (AvgIpc) is 3.11. The number of nitrogens with two attached hydrogens (primary N) is 1. The number of hydrogen-bond acceptors (Lipinski definition) is 3. The third-order valence-electron chi connectivity index (χ3n) is 4.34. The van der Waals surface area contributed by atoms with E-state index in [2.05, 4.69) is 22.1 Å². The third kappa shape index (κ3) is 2.74. The van der Waals surface area contributed by atoms with E-state index in [1.807, 2.05) is 24.3 Å². The van der Waals surface area contributed by atoms with Crippen molar-refractivity contribution in [3.63, 3.8) is 0 Å². The number of anilines is 1. The first-order valence-electron chi connectivity index (χ1n) is 7.58. The van der Waals surface area contributed by atoms with E-state index in [0.717, 1.165) is 30.4 Å². The van der Waals surface area contributed by atoms with Gasteiger partial charge < -0.3 is 16.0 Å². The number of H-pyrrole nitrogens is 1. The maximum Gasteiger partial charge on any atom is 0.267 e. The predicted molar refractivity (Wildman–Crippen MR) is 85.3 cm³/mol. The number of rotatable bonds is 4. The fourth-order valence-corrected chi connectivity index (χ4v) is 3.15. The number of carbonyl (C=O) groups is 1. The van der Waals surface area contributed by atoms with Gasteiger partial charge in [0.2, 0.25) is 0 Å². The second-order valence-corrected chi connectivity index (χ2v) is 5.63. The van der Waals surface area contributed by atoms with Crippen LogP contribution >= 0.6 is 0 Å². The molecule has 4 N–H and O–H groups in total. The maximum absolute atomic E-state index is 12.3. The number of fused-ring (bicyclic) bond motifs is 1. The van der Waals surface area contributed by atoms with Gasteiger partial charge in [-0.05, 0) is 38.1 Å². The Morgan fingerprint density at radius 2 is 2.38 bits per heavy atom. The maximum atomic E-state index is 12.3. The summed E-state index contributed by atoms with van der Waals surface area (Å²) in [5.41, 5.74) is 7.98. The molecule has 1 unspecified atom stereocenters. The molecule has 1 aromatic carbocycles. The zero-order valence-electron chi connectivity index (χ0n) is 12.4. The number of hydrogen-bond donors (Lipinski definition) is 3. The Morgan fingerprint density at radius 1 is 1.52 bits per heavy atom. The summed E-state index contributed by atoms with van der Waals surface area (Å²) in [6.07, 6.45) is 2.38. The van der Waals surface area contributed by atoms with Crippen LogP contribution < -0.4 is 11.1 Å². The van der Waals surface area contributed by atoms with Crippen LogP contribution in [0, 0.1) is 0 Å². The van der Waals surface area contributed by atoms with Crippen molar-refractivity contribution in [2.24, 2.45) is 0 Å². The molecule has 5 heteroatoms. The molecule has 2 aromatic rings. The van der Waals surface area contributed by atoms with Crippen LogP contribution in [0.4, 0.5) is 5.69 Å². The van der Waals surface area contributed by atoms with E-state index in [0.29, 0.717) is 24.0 Å². The zero-order valence-corrected chi connectivity index (χ0v) is 12.4. The molecule has 5 nitrogen and oxygen atoms in total. The lowest BCUT2D eigenvalue weighted by Gasteiger charge is -2.22. The summed E-state index contributed by atoms with van der Waals surface area (Å²) in [5, 5.41) is 4.00. The van der Waals surface area contributed by atoms with Crippen molar-refractivity contribution in [2.75, 3.05) is 25.4 Å². The minimum absolute atomic E-state index is 0.0615. The molecular weight excluding hydrogens is 264 g/mol. The average molecular weight is 286 g/mol. The van der Waals surface area contributed by atoms with Crippen LogP contribution in [-0.4, -0.2) is 41.5 Å². The highest BCUT2D eigenvalue weighted by atomic mass is 16.1. The van der Waals surface area contributed by atoms with Crippen molar-refractivity contribution in [3.05, 3.63) is 30.0 Å². The van der Waals surface area contributed by atoms with Crippen LogP contribution in [0.1, 0.15) is 30.3 Å². The molecule has 1 fully saturated rings. The van der Waals surface area contributed by atoms with Gasteiger partial charge in [-0.1, -0.05) is 19.1 Å². The van der Waals surface area contributed by atoms with Crippen molar-refractivity contribution in [2.45, 2.75) is 25.8 Å². The van der Waals surface area contributed by atoms with Crippen LogP contribution in [0.25, 0.3) is 10.9 Å². The summed E-state index contributed by atoms with van der Waals surface area (Å²) in [7, 11) is 0. The first-order chi connectivity index (χ1) is 10.2. The van der Waals surface area contributed by atoms with Gasteiger partial charge in [0.1, 0.15) is 5.69 Å². The Morgan fingerprint density at radius 3 is 3.14 bits per heavy atom. The molecule has 3 rings (SSSR count). The van der Waals surface area contributed by atoms with Gasteiger partial charge in [-0.2, -0.15) is 0 Å². The highest BCUT2D eigenvalue weighted by molar-refractivity contribution is 6.00. The molecular formula is C16H22N4O. The molecule has 21 heavy (non-hydrogen) atoms. The highest BCUT2D eigenvalue weighted by Crippen LogP contribution is 2.21. The van der Waals surface area contributed by atoms with Crippen LogP contribution in [0.15, 0.2) is 24.3 Å². The fourth-order valence-electron chi connectivity index (χ4n) is 3.15. The number of aromatic nitrogens is 1. The summed E-state index contributed by atoms with van der Waals surface area (Å²) in [5.74, 6) is -0.0615. The SMILES string of the molecule is CCN1CCCC1CNC(=O)c1cc2cccc(N)c2[nH]1. The van der Waals surface area contributed by atoms with Crippen molar-refractivity contribution in [1.82, 2.24) is 15.2 Å². The van der Waals surface area contributed by atoms with Gasteiger partial charge in [-0.25, -0.2) is 0 Å². The molecule has 1 aliphatic rings. The molecule has 0 radical (unpaired) electrons. The Bertz CT molecular complexity index is 649. The minimum atomic E-state index is -0.0615. The monoisotopic (exact) mass is 286 g/mol. The Balaban J connectivity index is 1.68. The number of carbonyl (C=O) groups excluding carboxylic acids is 1. The summed E-state index contributed by atoms with van der Waals surface area (Å²) >= 11 is 0. The Labute approximate surface area is 124 Å². The molecule has 0 saturated carbocycles. The van der Waals surface area contributed by atoms with Gasteiger partial charge in [-0.3, -0.25) is 9.69 Å². The van der Waals surface area contributed by atoms with Crippen LogP contribution in [-0.2, 0) is 0 Å². The number of nitrogen functional groups attached to an aromatic ring is 1. The van der Waals surface area contributed by atoms with Gasteiger partial charge in [0.05, 0.1) is 11.2 Å². The van der Waals surface area contributed by atoms with Crippen molar-refractivity contribution in [1.29, 1.82) is 0 Å². The Kier molecular flexibility index (Phi) is 3.84. The molecule has 112 valence electrons. The molecule has 1 amide bonds. The van der Waals surface area contributed by atoms with Gasteiger partial charge >= 0.3 is 0 Å². The number of nitrogens with one attached hydrogen (secondary N) is 2. The van der Waals surface area contributed by atoms with E-state index in [4.69, 9.17) is 5.73 Å². The van der Waals surface area contributed by atoms with Crippen molar-refractivity contribution >= 4 is 22.5 Å².